The van der Waals surface area contributed by atoms with Crippen LogP contribution in [0.2, 0.25) is 5.02 Å². The smallest absolute Gasteiger partial charge is 0.344 e. The molecule has 0 atom stereocenters. The number of pyridine rings is 1. The maximum Gasteiger partial charge on any atom is 0.344 e. The van der Waals surface area contributed by atoms with Gasteiger partial charge in [-0.25, -0.2) is 13.2 Å². The summed E-state index contributed by atoms with van der Waals surface area (Å²) in [6.45, 7) is 7.37. The van der Waals surface area contributed by atoms with E-state index in [4.69, 9.17) is 21.1 Å². The fraction of sp³-hybridized carbons (Fsp3) is 0.500. The van der Waals surface area contributed by atoms with Gasteiger partial charge in [0, 0.05) is 17.7 Å². The van der Waals surface area contributed by atoms with Crippen LogP contribution in [0.25, 0.3) is 11.3 Å². The number of nitrogens with zero attached hydrogens (tertiary/aromatic N) is 1. The van der Waals surface area contributed by atoms with Gasteiger partial charge in [-0.05, 0) is 57.2 Å². The lowest BCUT2D eigenvalue weighted by atomic mass is 10.0. The molecule has 0 N–H and O–H groups in total. The van der Waals surface area contributed by atoms with Crippen molar-refractivity contribution in [1.82, 2.24) is 4.57 Å². The Morgan fingerprint density at radius 1 is 1.18 bits per heavy atom. The molecule has 2 aliphatic rings. The van der Waals surface area contributed by atoms with E-state index in [1.807, 2.05) is 13.8 Å². The number of aromatic nitrogens is 1. The number of hydrogen-bond acceptors (Lipinski definition) is 6. The molecule has 0 amide bonds. The molecular weight excluding hydrogens is 466 g/mol. The largest absolute Gasteiger partial charge is 0.489 e. The standard InChI is InChI=1S/C24H28ClNO6S/c1-5-16(6-2)32-20-11-21-17(10-19(20)25)22-14(12-33(21,29)30)9-18(24(28)31-13(3)4)23(27)26(22)15-7-8-15/h9-11,13,15-16H,5-8,12H2,1-4H3. The Morgan fingerprint density at radius 3 is 2.42 bits per heavy atom. The molecule has 0 spiro atoms. The van der Waals surface area contributed by atoms with Crippen LogP contribution in [-0.2, 0) is 20.3 Å². The highest BCUT2D eigenvalue weighted by molar-refractivity contribution is 7.90. The first-order valence-corrected chi connectivity index (χ1v) is 13.3. The lowest BCUT2D eigenvalue weighted by Crippen LogP contribution is -2.32. The van der Waals surface area contributed by atoms with Crippen LogP contribution in [0.3, 0.4) is 0 Å². The summed E-state index contributed by atoms with van der Waals surface area (Å²) in [6, 6.07) is 4.31. The molecule has 2 heterocycles. The minimum absolute atomic E-state index is 0.0849. The minimum atomic E-state index is -3.75. The molecule has 1 fully saturated rings. The first-order chi connectivity index (χ1) is 15.6. The predicted molar refractivity (Wildman–Crippen MR) is 126 cm³/mol. The molecule has 4 rings (SSSR count). The Balaban J connectivity index is 1.94. The number of hydrogen-bond donors (Lipinski definition) is 0. The van der Waals surface area contributed by atoms with E-state index in [2.05, 4.69) is 0 Å². The molecule has 2 aromatic rings. The zero-order valence-corrected chi connectivity index (χ0v) is 20.8. The van der Waals surface area contributed by atoms with E-state index in [0.717, 1.165) is 25.7 Å². The van der Waals surface area contributed by atoms with Crippen LogP contribution in [0.15, 0.2) is 27.9 Å². The third-order valence-electron chi connectivity index (χ3n) is 5.96. The molecule has 0 saturated heterocycles. The van der Waals surface area contributed by atoms with Crippen LogP contribution in [-0.4, -0.2) is 31.2 Å². The fourth-order valence-electron chi connectivity index (χ4n) is 4.19. The van der Waals surface area contributed by atoms with E-state index in [9.17, 15) is 18.0 Å². The molecule has 1 aromatic heterocycles. The van der Waals surface area contributed by atoms with Gasteiger partial charge in [0.15, 0.2) is 9.84 Å². The van der Waals surface area contributed by atoms with Crippen LogP contribution >= 0.6 is 11.6 Å². The van der Waals surface area contributed by atoms with Gasteiger partial charge in [0.05, 0.1) is 33.6 Å². The zero-order valence-electron chi connectivity index (χ0n) is 19.2. The fourth-order valence-corrected chi connectivity index (χ4v) is 5.96. The summed E-state index contributed by atoms with van der Waals surface area (Å²) < 4.78 is 39.3. The molecule has 33 heavy (non-hydrogen) atoms. The van der Waals surface area contributed by atoms with Crippen molar-refractivity contribution in [3.8, 4) is 17.0 Å². The lowest BCUT2D eigenvalue weighted by molar-refractivity contribution is 0.0375. The van der Waals surface area contributed by atoms with Crippen LogP contribution in [0.4, 0.5) is 0 Å². The Morgan fingerprint density at radius 2 is 1.85 bits per heavy atom. The summed E-state index contributed by atoms with van der Waals surface area (Å²) in [7, 11) is -3.75. The normalized spacial score (nSPS) is 16.5. The molecule has 7 nitrogen and oxygen atoms in total. The monoisotopic (exact) mass is 493 g/mol. The van der Waals surface area contributed by atoms with Crippen LogP contribution in [0.1, 0.15) is 75.3 Å². The summed E-state index contributed by atoms with van der Waals surface area (Å²) in [5.41, 5.74) is 0.651. The van der Waals surface area contributed by atoms with Gasteiger partial charge in [-0.15, -0.1) is 0 Å². The zero-order chi connectivity index (χ0) is 24.1. The van der Waals surface area contributed by atoms with Crippen LogP contribution in [0.5, 0.6) is 5.75 Å². The predicted octanol–water partition coefficient (Wildman–Crippen LogP) is 4.92. The van der Waals surface area contributed by atoms with Gasteiger partial charge in [0.1, 0.15) is 11.3 Å². The molecule has 1 saturated carbocycles. The topological polar surface area (TPSA) is 91.7 Å². The highest BCUT2D eigenvalue weighted by atomic mass is 35.5. The molecular formula is C24H28ClNO6S. The van der Waals surface area contributed by atoms with E-state index in [1.54, 1.807) is 24.5 Å². The number of fused-ring (bicyclic) bond motifs is 3. The molecule has 1 aliphatic carbocycles. The van der Waals surface area contributed by atoms with Gasteiger partial charge >= 0.3 is 5.97 Å². The highest BCUT2D eigenvalue weighted by Crippen LogP contribution is 2.46. The van der Waals surface area contributed by atoms with E-state index >= 15 is 0 Å². The minimum Gasteiger partial charge on any atom is -0.489 e. The van der Waals surface area contributed by atoms with E-state index in [-0.39, 0.29) is 33.4 Å². The molecule has 1 aliphatic heterocycles. The second-order valence-electron chi connectivity index (χ2n) is 8.89. The molecule has 0 unspecified atom stereocenters. The SMILES string of the molecule is CCC(CC)Oc1cc2c(cc1Cl)-c1c(cc(C(=O)OC(C)C)c(=O)n1C1CC1)CS2(=O)=O. The molecule has 178 valence electrons. The van der Waals surface area contributed by atoms with Crippen LogP contribution < -0.4 is 10.3 Å². The summed E-state index contributed by atoms with van der Waals surface area (Å²) in [6.07, 6.45) is 2.59. The average molecular weight is 494 g/mol. The number of ether oxygens (including phenoxy) is 2. The average Bonchev–Trinajstić information content (AvgIpc) is 3.57. The van der Waals surface area contributed by atoms with E-state index in [0.29, 0.717) is 22.6 Å². The van der Waals surface area contributed by atoms with Gasteiger partial charge < -0.3 is 14.0 Å². The quantitative estimate of drug-likeness (QED) is 0.508. The van der Waals surface area contributed by atoms with Crippen molar-refractivity contribution in [2.75, 3.05) is 0 Å². The van der Waals surface area contributed by atoms with Gasteiger partial charge in [0.2, 0.25) is 0 Å². The molecule has 0 radical (unpaired) electrons. The summed E-state index contributed by atoms with van der Waals surface area (Å²) in [4.78, 5) is 26.0. The van der Waals surface area contributed by atoms with Crippen molar-refractivity contribution in [2.45, 2.75) is 82.3 Å². The van der Waals surface area contributed by atoms with Crippen molar-refractivity contribution >= 4 is 27.4 Å². The van der Waals surface area contributed by atoms with Crippen molar-refractivity contribution < 1.29 is 22.7 Å². The number of esters is 1. The number of sulfone groups is 1. The Labute approximate surface area is 198 Å². The third kappa shape index (κ3) is 4.43. The lowest BCUT2D eigenvalue weighted by Gasteiger charge is -2.26. The van der Waals surface area contributed by atoms with Crippen molar-refractivity contribution in [3.63, 3.8) is 0 Å². The van der Waals surface area contributed by atoms with E-state index < -0.39 is 27.5 Å². The molecule has 9 heteroatoms. The first kappa shape index (κ1) is 23.8. The number of benzene rings is 1. The van der Waals surface area contributed by atoms with Gasteiger partial charge in [-0.2, -0.15) is 0 Å². The Kier molecular flexibility index (Phi) is 6.35. The highest BCUT2D eigenvalue weighted by Gasteiger charge is 2.38. The third-order valence-corrected chi connectivity index (χ3v) is 7.96. The van der Waals surface area contributed by atoms with Gasteiger partial charge in [-0.3, -0.25) is 4.79 Å². The van der Waals surface area contributed by atoms with Gasteiger partial charge in [-0.1, -0.05) is 25.4 Å². The van der Waals surface area contributed by atoms with Gasteiger partial charge in [0.25, 0.3) is 5.56 Å². The second-order valence-corrected chi connectivity index (χ2v) is 11.3. The number of halogens is 1. The van der Waals surface area contributed by atoms with Crippen molar-refractivity contribution in [3.05, 3.63) is 44.7 Å². The molecule has 0 bridgehead atoms. The second kappa shape index (κ2) is 8.80. The van der Waals surface area contributed by atoms with Crippen molar-refractivity contribution in [1.29, 1.82) is 0 Å². The Bertz CT molecular complexity index is 1270. The summed E-state index contributed by atoms with van der Waals surface area (Å²) in [5.74, 6) is -0.757. The maximum absolute atomic E-state index is 13.3. The van der Waals surface area contributed by atoms with E-state index in [1.165, 1.54) is 12.1 Å². The number of carbonyl (C=O) groups is 1. The number of rotatable bonds is 7. The summed E-state index contributed by atoms with van der Waals surface area (Å²) in [5, 5.41) is 0.279. The summed E-state index contributed by atoms with van der Waals surface area (Å²) >= 11 is 6.52. The maximum atomic E-state index is 13.3. The van der Waals surface area contributed by atoms with Crippen molar-refractivity contribution in [2.24, 2.45) is 0 Å². The molecule has 1 aromatic carbocycles. The Hall–Kier alpha value is -2.32. The van der Waals surface area contributed by atoms with Crippen LogP contribution in [0, 0.1) is 0 Å². The number of carbonyl (C=O) groups excluding carboxylic acids is 1. The first-order valence-electron chi connectivity index (χ1n) is 11.3.